The van der Waals surface area contributed by atoms with Gasteiger partial charge < -0.3 is 5.73 Å². The zero-order valence-electron chi connectivity index (χ0n) is 5.71. The van der Waals surface area contributed by atoms with Crippen molar-refractivity contribution in [2.45, 2.75) is 31.3 Å². The zero-order valence-corrected chi connectivity index (χ0v) is 5.71. The molecule has 2 fully saturated rings. The number of nitrogens with zero attached hydrogens (tertiary/aromatic N) is 1. The van der Waals surface area contributed by atoms with Crippen molar-refractivity contribution >= 4 is 0 Å². The Bertz CT molecular complexity index is 107. The third-order valence-corrected chi connectivity index (χ3v) is 2.41. The van der Waals surface area contributed by atoms with Crippen LogP contribution < -0.4 is 5.73 Å². The van der Waals surface area contributed by atoms with Gasteiger partial charge in [0.25, 0.3) is 0 Å². The topological polar surface area (TPSA) is 29.3 Å². The zero-order chi connectivity index (χ0) is 6.27. The van der Waals surface area contributed by atoms with E-state index in [0.717, 1.165) is 6.04 Å². The Morgan fingerprint density at radius 2 is 1.78 bits per heavy atom. The lowest BCUT2D eigenvalue weighted by atomic mass is 10.4. The number of likely N-dealkylation sites (tertiary alicyclic amines) is 1. The van der Waals surface area contributed by atoms with E-state index in [1.807, 2.05) is 0 Å². The molecule has 52 valence electrons. The van der Waals surface area contributed by atoms with Gasteiger partial charge in [0.05, 0.1) is 0 Å². The van der Waals surface area contributed by atoms with Crippen molar-refractivity contribution in [1.82, 2.24) is 4.90 Å². The van der Waals surface area contributed by atoms with Crippen LogP contribution in [0.15, 0.2) is 0 Å². The Kier molecular flexibility index (Phi) is 1.24. The quantitative estimate of drug-likeness (QED) is 0.543. The standard InChI is InChI=1S/C7H14N2/c8-6-5-7(6)9-3-1-2-4-9/h6-7H,1-5,8H2. The molecule has 0 radical (unpaired) electrons. The van der Waals surface area contributed by atoms with Crippen LogP contribution in [0.1, 0.15) is 19.3 Å². The minimum atomic E-state index is 0.517. The van der Waals surface area contributed by atoms with Crippen LogP contribution in [0.3, 0.4) is 0 Å². The minimum absolute atomic E-state index is 0.517. The summed E-state index contributed by atoms with van der Waals surface area (Å²) in [4.78, 5) is 2.53. The maximum absolute atomic E-state index is 5.70. The molecule has 2 N–H and O–H groups in total. The van der Waals surface area contributed by atoms with Crippen molar-refractivity contribution in [1.29, 1.82) is 0 Å². The van der Waals surface area contributed by atoms with Gasteiger partial charge in [-0.3, -0.25) is 4.90 Å². The second kappa shape index (κ2) is 1.96. The van der Waals surface area contributed by atoms with Gasteiger partial charge in [-0.2, -0.15) is 0 Å². The molecule has 1 aliphatic carbocycles. The van der Waals surface area contributed by atoms with Crippen LogP contribution in [0.25, 0.3) is 0 Å². The summed E-state index contributed by atoms with van der Waals surface area (Å²) < 4.78 is 0. The molecule has 0 aromatic heterocycles. The SMILES string of the molecule is NC1CC1N1CCCC1. The van der Waals surface area contributed by atoms with Crippen molar-refractivity contribution in [2.24, 2.45) is 5.73 Å². The highest BCUT2D eigenvalue weighted by molar-refractivity contribution is 4.99. The first kappa shape index (κ1) is 5.69. The van der Waals surface area contributed by atoms with E-state index in [2.05, 4.69) is 4.90 Å². The van der Waals surface area contributed by atoms with Crippen LogP contribution >= 0.6 is 0 Å². The van der Waals surface area contributed by atoms with Gasteiger partial charge in [-0.05, 0) is 32.4 Å². The van der Waals surface area contributed by atoms with Crippen LogP contribution in [0.5, 0.6) is 0 Å². The Morgan fingerprint density at radius 1 is 1.22 bits per heavy atom. The van der Waals surface area contributed by atoms with E-state index < -0.39 is 0 Å². The van der Waals surface area contributed by atoms with Gasteiger partial charge in [0.2, 0.25) is 0 Å². The van der Waals surface area contributed by atoms with Crippen molar-refractivity contribution in [3.63, 3.8) is 0 Å². The van der Waals surface area contributed by atoms with Crippen molar-refractivity contribution in [3.8, 4) is 0 Å². The number of hydrogen-bond donors (Lipinski definition) is 1. The Labute approximate surface area is 56.0 Å². The van der Waals surface area contributed by atoms with Gasteiger partial charge in [0.1, 0.15) is 0 Å². The van der Waals surface area contributed by atoms with Gasteiger partial charge in [0, 0.05) is 12.1 Å². The van der Waals surface area contributed by atoms with Gasteiger partial charge in [-0.15, -0.1) is 0 Å². The fourth-order valence-electron chi connectivity index (χ4n) is 1.69. The van der Waals surface area contributed by atoms with E-state index in [0.29, 0.717) is 6.04 Å². The average Bonchev–Trinajstić information content (AvgIpc) is 2.44. The predicted octanol–water partition coefficient (Wildman–Crippen LogP) is 0.182. The summed E-state index contributed by atoms with van der Waals surface area (Å²) >= 11 is 0. The fraction of sp³-hybridized carbons (Fsp3) is 1.00. The molecule has 2 unspecified atom stereocenters. The first-order valence-electron chi connectivity index (χ1n) is 3.87. The summed E-state index contributed by atoms with van der Waals surface area (Å²) in [5.41, 5.74) is 5.70. The normalized spacial score (nSPS) is 43.7. The van der Waals surface area contributed by atoms with Crippen LogP contribution in [0.4, 0.5) is 0 Å². The molecule has 2 nitrogen and oxygen atoms in total. The summed E-state index contributed by atoms with van der Waals surface area (Å²) in [5, 5.41) is 0. The lowest BCUT2D eigenvalue weighted by Gasteiger charge is -2.12. The Morgan fingerprint density at radius 3 is 2.22 bits per heavy atom. The molecule has 1 saturated carbocycles. The smallest absolute Gasteiger partial charge is 0.0263 e. The van der Waals surface area contributed by atoms with E-state index in [1.54, 1.807) is 0 Å². The van der Waals surface area contributed by atoms with Gasteiger partial charge in [0.15, 0.2) is 0 Å². The highest BCUT2D eigenvalue weighted by Gasteiger charge is 2.39. The second-order valence-corrected chi connectivity index (χ2v) is 3.21. The second-order valence-electron chi connectivity index (χ2n) is 3.21. The molecule has 2 heteroatoms. The molecule has 0 spiro atoms. The van der Waals surface area contributed by atoms with Gasteiger partial charge in [-0.25, -0.2) is 0 Å². The molecule has 0 aromatic carbocycles. The molecular formula is C7H14N2. The molecule has 0 amide bonds. The van der Waals surface area contributed by atoms with E-state index >= 15 is 0 Å². The van der Waals surface area contributed by atoms with Crippen LogP contribution in [0, 0.1) is 0 Å². The molecule has 1 saturated heterocycles. The summed E-state index contributed by atoms with van der Waals surface area (Å²) in [7, 11) is 0. The molecular weight excluding hydrogens is 112 g/mol. The van der Waals surface area contributed by atoms with E-state index in [1.165, 1.54) is 32.4 Å². The summed E-state index contributed by atoms with van der Waals surface area (Å²) in [6.45, 7) is 2.61. The number of nitrogens with two attached hydrogens (primary N) is 1. The van der Waals surface area contributed by atoms with E-state index in [-0.39, 0.29) is 0 Å². The molecule has 0 aromatic rings. The summed E-state index contributed by atoms with van der Waals surface area (Å²) in [5.74, 6) is 0. The van der Waals surface area contributed by atoms with E-state index in [9.17, 15) is 0 Å². The van der Waals surface area contributed by atoms with Crippen molar-refractivity contribution < 1.29 is 0 Å². The van der Waals surface area contributed by atoms with Crippen LogP contribution in [-0.4, -0.2) is 30.1 Å². The molecule has 2 aliphatic rings. The van der Waals surface area contributed by atoms with Crippen LogP contribution in [-0.2, 0) is 0 Å². The van der Waals surface area contributed by atoms with Gasteiger partial charge >= 0.3 is 0 Å². The third-order valence-electron chi connectivity index (χ3n) is 2.41. The maximum Gasteiger partial charge on any atom is 0.0263 e. The molecule has 1 aliphatic heterocycles. The first-order valence-corrected chi connectivity index (χ1v) is 3.87. The number of hydrogen-bond acceptors (Lipinski definition) is 2. The monoisotopic (exact) mass is 126 g/mol. The average molecular weight is 126 g/mol. The van der Waals surface area contributed by atoms with Gasteiger partial charge in [-0.1, -0.05) is 0 Å². The Hall–Kier alpha value is -0.0800. The molecule has 2 atom stereocenters. The highest BCUT2D eigenvalue weighted by atomic mass is 15.2. The van der Waals surface area contributed by atoms with Crippen molar-refractivity contribution in [3.05, 3.63) is 0 Å². The fourth-order valence-corrected chi connectivity index (χ4v) is 1.69. The maximum atomic E-state index is 5.70. The van der Waals surface area contributed by atoms with Crippen molar-refractivity contribution in [2.75, 3.05) is 13.1 Å². The summed E-state index contributed by atoms with van der Waals surface area (Å²) in [6, 6.07) is 1.29. The summed E-state index contributed by atoms with van der Waals surface area (Å²) in [6.07, 6.45) is 4.03. The van der Waals surface area contributed by atoms with E-state index in [4.69, 9.17) is 5.73 Å². The first-order chi connectivity index (χ1) is 4.38. The Balaban J connectivity index is 1.85. The predicted molar refractivity (Wildman–Crippen MR) is 37.2 cm³/mol. The molecule has 9 heavy (non-hydrogen) atoms. The molecule has 2 rings (SSSR count). The lowest BCUT2D eigenvalue weighted by Crippen LogP contribution is -2.26. The lowest BCUT2D eigenvalue weighted by molar-refractivity contribution is 0.323. The molecule has 0 bridgehead atoms. The van der Waals surface area contributed by atoms with Crippen LogP contribution in [0.2, 0.25) is 0 Å². The highest BCUT2D eigenvalue weighted by Crippen LogP contribution is 2.28. The third kappa shape index (κ3) is 0.970. The largest absolute Gasteiger partial charge is 0.326 e. The number of rotatable bonds is 1. The minimum Gasteiger partial charge on any atom is -0.326 e. The molecule has 1 heterocycles.